The Morgan fingerprint density at radius 2 is 1.64 bits per heavy atom. The summed E-state index contributed by atoms with van der Waals surface area (Å²) in [5, 5.41) is 5.42. The molecule has 0 saturated carbocycles. The number of carbonyl (C=O) groups is 1. The molecule has 3 nitrogen and oxygen atoms in total. The lowest BCUT2D eigenvalue weighted by molar-refractivity contribution is -0.120. The predicted octanol–water partition coefficient (Wildman–Crippen LogP) is 3.99. The maximum Gasteiger partial charge on any atom is 0.226 e. The van der Waals surface area contributed by atoms with Crippen LogP contribution in [0.1, 0.15) is 11.3 Å². The molecule has 1 amide bonds. The minimum Gasteiger partial charge on any atom is -0.355 e. The topological polar surface area (TPSA) is 42.0 Å². The van der Waals surface area contributed by atoms with E-state index in [4.69, 9.17) is 0 Å². The van der Waals surface area contributed by atoms with E-state index in [9.17, 15) is 13.6 Å². The summed E-state index contributed by atoms with van der Waals surface area (Å²) in [6.45, 7) is 0.486. The van der Waals surface area contributed by atoms with Gasteiger partial charge in [-0.1, -0.05) is 12.1 Å². The van der Waals surface area contributed by atoms with Crippen LogP contribution in [-0.2, 0) is 17.6 Å². The molecule has 0 aliphatic heterocycles. The standard InChI is InChI=1S/C19H16F2N2OS/c20-15-5-1-13(2-6-15)9-10-22-18(24)11-17-12-25-19(23-17)14-3-7-16(21)8-4-14/h1-8,12H,9-11H2,(H,22,24). The molecule has 6 heteroatoms. The van der Waals surface area contributed by atoms with Gasteiger partial charge in [-0.2, -0.15) is 0 Å². The van der Waals surface area contributed by atoms with Gasteiger partial charge < -0.3 is 5.32 Å². The van der Waals surface area contributed by atoms with Crippen molar-refractivity contribution in [1.82, 2.24) is 10.3 Å². The average molecular weight is 358 g/mol. The molecule has 3 aromatic rings. The normalized spacial score (nSPS) is 10.6. The van der Waals surface area contributed by atoms with E-state index < -0.39 is 0 Å². The van der Waals surface area contributed by atoms with Gasteiger partial charge in [-0.05, 0) is 48.4 Å². The first-order chi connectivity index (χ1) is 12.1. The number of hydrogen-bond acceptors (Lipinski definition) is 3. The van der Waals surface area contributed by atoms with Crippen molar-refractivity contribution in [3.8, 4) is 10.6 Å². The molecular formula is C19H16F2N2OS. The predicted molar refractivity (Wildman–Crippen MR) is 94.3 cm³/mol. The molecule has 0 atom stereocenters. The van der Waals surface area contributed by atoms with Crippen LogP contribution in [0.25, 0.3) is 10.6 Å². The first-order valence-corrected chi connectivity index (χ1v) is 8.69. The molecule has 0 fully saturated rings. The van der Waals surface area contributed by atoms with Crippen LogP contribution in [-0.4, -0.2) is 17.4 Å². The summed E-state index contributed by atoms with van der Waals surface area (Å²) in [5.41, 5.74) is 2.48. The van der Waals surface area contributed by atoms with Crippen LogP contribution in [0.15, 0.2) is 53.9 Å². The first kappa shape index (κ1) is 17.2. The molecule has 3 rings (SSSR count). The van der Waals surface area contributed by atoms with E-state index in [1.165, 1.54) is 35.6 Å². The van der Waals surface area contributed by atoms with Gasteiger partial charge in [0, 0.05) is 17.5 Å². The highest BCUT2D eigenvalue weighted by molar-refractivity contribution is 7.13. The number of halogens is 2. The van der Waals surface area contributed by atoms with Crippen molar-refractivity contribution in [1.29, 1.82) is 0 Å². The summed E-state index contributed by atoms with van der Waals surface area (Å²) in [6.07, 6.45) is 0.838. The molecule has 0 radical (unpaired) electrons. The third-order valence-corrected chi connectivity index (χ3v) is 4.57. The molecule has 1 aromatic heterocycles. The van der Waals surface area contributed by atoms with E-state index in [1.54, 1.807) is 24.3 Å². The van der Waals surface area contributed by atoms with E-state index >= 15 is 0 Å². The zero-order valence-corrected chi connectivity index (χ0v) is 14.2. The summed E-state index contributed by atoms with van der Waals surface area (Å²) in [7, 11) is 0. The van der Waals surface area contributed by atoms with Crippen LogP contribution in [0.2, 0.25) is 0 Å². The number of benzene rings is 2. The van der Waals surface area contributed by atoms with Gasteiger partial charge in [-0.3, -0.25) is 4.79 Å². The van der Waals surface area contributed by atoms with Crippen LogP contribution in [0.4, 0.5) is 8.78 Å². The van der Waals surface area contributed by atoms with E-state index in [0.29, 0.717) is 18.7 Å². The summed E-state index contributed by atoms with van der Waals surface area (Å²) in [4.78, 5) is 16.4. The number of thiazole rings is 1. The lowest BCUT2D eigenvalue weighted by Gasteiger charge is -2.04. The average Bonchev–Trinajstić information content (AvgIpc) is 3.06. The molecule has 0 spiro atoms. The Kier molecular flexibility index (Phi) is 5.50. The molecule has 0 aliphatic rings. The fourth-order valence-electron chi connectivity index (χ4n) is 2.34. The van der Waals surface area contributed by atoms with E-state index in [2.05, 4.69) is 10.3 Å². The number of aromatic nitrogens is 1. The van der Waals surface area contributed by atoms with Crippen molar-refractivity contribution in [3.05, 3.63) is 76.8 Å². The molecular weight excluding hydrogens is 342 g/mol. The van der Waals surface area contributed by atoms with Crippen LogP contribution >= 0.6 is 11.3 Å². The summed E-state index contributed by atoms with van der Waals surface area (Å²) < 4.78 is 25.8. The molecule has 128 valence electrons. The molecule has 0 saturated heterocycles. The molecule has 2 aromatic carbocycles. The van der Waals surface area contributed by atoms with Crippen LogP contribution in [0.5, 0.6) is 0 Å². The van der Waals surface area contributed by atoms with Crippen molar-refractivity contribution < 1.29 is 13.6 Å². The van der Waals surface area contributed by atoms with Gasteiger partial charge in [0.25, 0.3) is 0 Å². The molecule has 0 aliphatic carbocycles. The third kappa shape index (κ3) is 4.93. The van der Waals surface area contributed by atoms with Gasteiger partial charge in [0.15, 0.2) is 0 Å². The lowest BCUT2D eigenvalue weighted by Crippen LogP contribution is -2.27. The lowest BCUT2D eigenvalue weighted by atomic mass is 10.1. The maximum atomic E-state index is 13.0. The van der Waals surface area contributed by atoms with Gasteiger partial charge in [0.05, 0.1) is 12.1 Å². The quantitative estimate of drug-likeness (QED) is 0.724. The number of amides is 1. The number of carbonyl (C=O) groups excluding carboxylic acids is 1. The fourth-order valence-corrected chi connectivity index (χ4v) is 3.16. The smallest absolute Gasteiger partial charge is 0.226 e. The van der Waals surface area contributed by atoms with Crippen molar-refractivity contribution >= 4 is 17.2 Å². The highest BCUT2D eigenvalue weighted by Crippen LogP contribution is 2.24. The van der Waals surface area contributed by atoms with Gasteiger partial charge in [-0.15, -0.1) is 11.3 Å². The molecule has 0 unspecified atom stereocenters. The summed E-state index contributed by atoms with van der Waals surface area (Å²) in [6, 6.07) is 12.3. The molecule has 1 N–H and O–H groups in total. The minimum absolute atomic E-state index is 0.113. The zero-order chi connectivity index (χ0) is 17.6. The molecule has 1 heterocycles. The summed E-state index contributed by atoms with van der Waals surface area (Å²) in [5.74, 6) is -0.674. The zero-order valence-electron chi connectivity index (χ0n) is 13.3. The third-order valence-electron chi connectivity index (χ3n) is 3.63. The Morgan fingerprint density at radius 1 is 1.00 bits per heavy atom. The van der Waals surface area contributed by atoms with Crippen molar-refractivity contribution in [2.24, 2.45) is 0 Å². The second-order valence-electron chi connectivity index (χ2n) is 5.55. The van der Waals surface area contributed by atoms with Crippen molar-refractivity contribution in [2.45, 2.75) is 12.8 Å². The Hall–Kier alpha value is -2.60. The SMILES string of the molecule is O=C(Cc1csc(-c2ccc(F)cc2)n1)NCCc1ccc(F)cc1. The monoisotopic (exact) mass is 358 g/mol. The van der Waals surface area contributed by atoms with Gasteiger partial charge in [0.1, 0.15) is 16.6 Å². The first-order valence-electron chi connectivity index (χ1n) is 7.81. The fraction of sp³-hybridized carbons (Fsp3) is 0.158. The van der Waals surface area contributed by atoms with E-state index in [-0.39, 0.29) is 24.0 Å². The number of nitrogens with one attached hydrogen (secondary N) is 1. The number of rotatable bonds is 6. The minimum atomic E-state index is -0.291. The summed E-state index contributed by atoms with van der Waals surface area (Å²) >= 11 is 1.42. The van der Waals surface area contributed by atoms with Gasteiger partial charge in [-0.25, -0.2) is 13.8 Å². The van der Waals surface area contributed by atoms with Gasteiger partial charge >= 0.3 is 0 Å². The van der Waals surface area contributed by atoms with Crippen LogP contribution in [0.3, 0.4) is 0 Å². The second kappa shape index (κ2) is 7.98. The van der Waals surface area contributed by atoms with Crippen LogP contribution in [0, 0.1) is 11.6 Å². The van der Waals surface area contributed by atoms with Crippen molar-refractivity contribution in [2.75, 3.05) is 6.54 Å². The Morgan fingerprint density at radius 3 is 2.32 bits per heavy atom. The van der Waals surface area contributed by atoms with Crippen molar-refractivity contribution in [3.63, 3.8) is 0 Å². The van der Waals surface area contributed by atoms with Gasteiger partial charge in [0.2, 0.25) is 5.91 Å². The second-order valence-corrected chi connectivity index (χ2v) is 6.41. The van der Waals surface area contributed by atoms with E-state index in [1.807, 2.05) is 5.38 Å². The Bertz CT molecular complexity index is 845. The Labute approximate surface area is 148 Å². The molecule has 25 heavy (non-hydrogen) atoms. The largest absolute Gasteiger partial charge is 0.355 e. The number of hydrogen-bond donors (Lipinski definition) is 1. The number of nitrogens with zero attached hydrogens (tertiary/aromatic N) is 1. The highest BCUT2D eigenvalue weighted by atomic mass is 32.1. The van der Waals surface area contributed by atoms with Crippen LogP contribution < -0.4 is 5.32 Å². The Balaban J connectivity index is 1.49. The maximum absolute atomic E-state index is 13.0. The van der Waals surface area contributed by atoms with E-state index in [0.717, 1.165) is 16.1 Å². The molecule has 0 bridgehead atoms. The highest BCUT2D eigenvalue weighted by Gasteiger charge is 2.09.